The lowest BCUT2D eigenvalue weighted by Crippen LogP contribution is -2.12. The van der Waals surface area contributed by atoms with Crippen LogP contribution in [-0.2, 0) is 6.54 Å². The highest BCUT2D eigenvalue weighted by atomic mass is 16.5. The van der Waals surface area contributed by atoms with Gasteiger partial charge in [0.15, 0.2) is 0 Å². The summed E-state index contributed by atoms with van der Waals surface area (Å²) in [6.45, 7) is 2.37. The molecule has 19 heavy (non-hydrogen) atoms. The minimum Gasteiger partial charge on any atom is -0.456 e. The van der Waals surface area contributed by atoms with Crippen LogP contribution in [0.2, 0.25) is 0 Å². The molecule has 0 atom stereocenters. The number of primary amides is 1. The number of amides is 1. The third-order valence-electron chi connectivity index (χ3n) is 2.86. The van der Waals surface area contributed by atoms with Crippen LogP contribution < -0.4 is 16.2 Å². The van der Waals surface area contributed by atoms with E-state index < -0.39 is 5.91 Å². The second-order valence-electron chi connectivity index (χ2n) is 4.27. The predicted octanol–water partition coefficient (Wildman–Crippen LogP) is 2.34. The van der Waals surface area contributed by atoms with E-state index >= 15 is 0 Å². The summed E-state index contributed by atoms with van der Waals surface area (Å²) in [5, 5.41) is 0. The molecule has 4 N–H and O–H groups in total. The van der Waals surface area contributed by atoms with Crippen molar-refractivity contribution in [2.24, 2.45) is 11.5 Å². The predicted molar refractivity (Wildman–Crippen MR) is 74.1 cm³/mol. The normalized spacial score (nSPS) is 10.2. The Labute approximate surface area is 112 Å². The Hall–Kier alpha value is -2.33. The molecule has 0 fully saturated rings. The molecule has 0 aliphatic carbocycles. The molecule has 0 aliphatic rings. The number of rotatable bonds is 4. The number of benzene rings is 2. The lowest BCUT2D eigenvalue weighted by Gasteiger charge is -2.12. The highest BCUT2D eigenvalue weighted by molar-refractivity contribution is 5.95. The quantitative estimate of drug-likeness (QED) is 0.881. The molecule has 98 valence electrons. The fourth-order valence-corrected chi connectivity index (χ4v) is 1.76. The van der Waals surface area contributed by atoms with Crippen LogP contribution >= 0.6 is 0 Å². The first-order chi connectivity index (χ1) is 9.11. The Bertz CT molecular complexity index is 609. The lowest BCUT2D eigenvalue weighted by atomic mass is 10.1. The fraction of sp³-hybridized carbons (Fsp3) is 0.133. The van der Waals surface area contributed by atoms with E-state index in [9.17, 15) is 4.79 Å². The second-order valence-corrected chi connectivity index (χ2v) is 4.27. The van der Waals surface area contributed by atoms with Gasteiger partial charge in [0, 0.05) is 6.54 Å². The Balaban J connectivity index is 2.38. The molecule has 2 rings (SSSR count). The van der Waals surface area contributed by atoms with E-state index in [-0.39, 0.29) is 0 Å². The number of carbonyl (C=O) groups excluding carboxylic acids is 1. The topological polar surface area (TPSA) is 78.3 Å². The van der Waals surface area contributed by atoms with Crippen LogP contribution in [0.15, 0.2) is 42.5 Å². The number of hydrogen-bond acceptors (Lipinski definition) is 3. The third-order valence-corrected chi connectivity index (χ3v) is 2.86. The second kappa shape index (κ2) is 5.54. The first kappa shape index (κ1) is 13.1. The van der Waals surface area contributed by atoms with Gasteiger partial charge in [0.05, 0.1) is 5.56 Å². The van der Waals surface area contributed by atoms with Crippen molar-refractivity contribution in [1.82, 2.24) is 0 Å². The minimum atomic E-state index is -0.511. The van der Waals surface area contributed by atoms with Gasteiger partial charge < -0.3 is 16.2 Å². The Kier molecular flexibility index (Phi) is 3.82. The van der Waals surface area contributed by atoms with Gasteiger partial charge in [-0.1, -0.05) is 24.3 Å². The number of para-hydroxylation sites is 1. The van der Waals surface area contributed by atoms with Crippen molar-refractivity contribution in [2.75, 3.05) is 0 Å². The van der Waals surface area contributed by atoms with E-state index in [1.165, 1.54) is 0 Å². The molecule has 2 aromatic rings. The van der Waals surface area contributed by atoms with Crippen molar-refractivity contribution in [3.63, 3.8) is 0 Å². The molecule has 0 saturated carbocycles. The van der Waals surface area contributed by atoms with Crippen LogP contribution in [0.5, 0.6) is 11.5 Å². The van der Waals surface area contributed by atoms with Crippen molar-refractivity contribution < 1.29 is 9.53 Å². The fourth-order valence-electron chi connectivity index (χ4n) is 1.76. The molecule has 0 aromatic heterocycles. The van der Waals surface area contributed by atoms with Crippen LogP contribution in [0, 0.1) is 6.92 Å². The summed E-state index contributed by atoms with van der Waals surface area (Å²) in [5.74, 6) is 0.618. The molecule has 4 heteroatoms. The van der Waals surface area contributed by atoms with E-state index in [0.29, 0.717) is 23.6 Å². The summed E-state index contributed by atoms with van der Waals surface area (Å²) in [5.41, 5.74) is 13.2. The summed E-state index contributed by atoms with van der Waals surface area (Å²) >= 11 is 0. The zero-order valence-corrected chi connectivity index (χ0v) is 10.7. The van der Waals surface area contributed by atoms with Crippen LogP contribution in [0.25, 0.3) is 0 Å². The Morgan fingerprint density at radius 3 is 2.58 bits per heavy atom. The van der Waals surface area contributed by atoms with Gasteiger partial charge in [-0.05, 0) is 36.2 Å². The van der Waals surface area contributed by atoms with E-state index in [2.05, 4.69) is 0 Å². The zero-order chi connectivity index (χ0) is 13.8. The summed E-state index contributed by atoms with van der Waals surface area (Å²) in [6, 6.07) is 12.6. The number of carbonyl (C=O) groups is 1. The maximum Gasteiger partial charge on any atom is 0.252 e. The number of nitrogens with two attached hydrogens (primary N) is 2. The van der Waals surface area contributed by atoms with E-state index in [1.54, 1.807) is 24.3 Å². The van der Waals surface area contributed by atoms with Gasteiger partial charge in [0.1, 0.15) is 11.5 Å². The van der Waals surface area contributed by atoms with Crippen LogP contribution in [0.4, 0.5) is 0 Å². The lowest BCUT2D eigenvalue weighted by molar-refractivity contribution is 0.0998. The molecule has 0 radical (unpaired) electrons. The van der Waals surface area contributed by atoms with Crippen molar-refractivity contribution in [2.45, 2.75) is 13.5 Å². The van der Waals surface area contributed by atoms with Gasteiger partial charge in [-0.25, -0.2) is 0 Å². The van der Waals surface area contributed by atoms with Crippen molar-refractivity contribution in [3.05, 3.63) is 59.2 Å². The zero-order valence-electron chi connectivity index (χ0n) is 10.7. The van der Waals surface area contributed by atoms with Gasteiger partial charge >= 0.3 is 0 Å². The first-order valence-corrected chi connectivity index (χ1v) is 5.98. The Morgan fingerprint density at radius 1 is 1.16 bits per heavy atom. The van der Waals surface area contributed by atoms with Gasteiger partial charge in [-0.3, -0.25) is 4.79 Å². The first-order valence-electron chi connectivity index (χ1n) is 5.98. The van der Waals surface area contributed by atoms with E-state index in [1.807, 2.05) is 25.1 Å². The standard InChI is InChI=1S/C15H16N2O2/c1-10-6-7-11(9-16)8-14(10)19-13-5-3-2-4-12(13)15(17)18/h2-8H,9,16H2,1H3,(H2,17,18). The SMILES string of the molecule is Cc1ccc(CN)cc1Oc1ccccc1C(N)=O. The molecule has 0 saturated heterocycles. The maximum atomic E-state index is 11.3. The molecule has 0 heterocycles. The van der Waals surface area contributed by atoms with Gasteiger partial charge in [-0.15, -0.1) is 0 Å². The molecule has 4 nitrogen and oxygen atoms in total. The van der Waals surface area contributed by atoms with E-state index in [4.69, 9.17) is 16.2 Å². The van der Waals surface area contributed by atoms with Crippen molar-refractivity contribution in [3.8, 4) is 11.5 Å². The minimum absolute atomic E-state index is 0.361. The largest absolute Gasteiger partial charge is 0.456 e. The van der Waals surface area contributed by atoms with Crippen molar-refractivity contribution in [1.29, 1.82) is 0 Å². The average molecular weight is 256 g/mol. The molecule has 2 aromatic carbocycles. The summed E-state index contributed by atoms with van der Waals surface area (Å²) in [4.78, 5) is 11.3. The van der Waals surface area contributed by atoms with Gasteiger partial charge in [-0.2, -0.15) is 0 Å². The number of aryl methyl sites for hydroxylation is 1. The van der Waals surface area contributed by atoms with Crippen LogP contribution in [0.1, 0.15) is 21.5 Å². The third kappa shape index (κ3) is 2.92. The highest BCUT2D eigenvalue weighted by Crippen LogP contribution is 2.28. The molecule has 0 spiro atoms. The molecule has 1 amide bonds. The smallest absolute Gasteiger partial charge is 0.252 e. The molecule has 0 aliphatic heterocycles. The van der Waals surface area contributed by atoms with Crippen LogP contribution in [0.3, 0.4) is 0 Å². The molecular weight excluding hydrogens is 240 g/mol. The van der Waals surface area contributed by atoms with E-state index in [0.717, 1.165) is 11.1 Å². The Morgan fingerprint density at radius 2 is 1.89 bits per heavy atom. The highest BCUT2D eigenvalue weighted by Gasteiger charge is 2.10. The molecule has 0 bridgehead atoms. The van der Waals surface area contributed by atoms with Gasteiger partial charge in [0.2, 0.25) is 0 Å². The monoisotopic (exact) mass is 256 g/mol. The number of hydrogen-bond donors (Lipinski definition) is 2. The summed E-state index contributed by atoms with van der Waals surface area (Å²) in [7, 11) is 0. The molecule has 0 unspecified atom stereocenters. The average Bonchev–Trinajstić information content (AvgIpc) is 2.41. The summed E-state index contributed by atoms with van der Waals surface area (Å²) in [6.07, 6.45) is 0. The van der Waals surface area contributed by atoms with Crippen LogP contribution in [-0.4, -0.2) is 5.91 Å². The maximum absolute atomic E-state index is 11.3. The summed E-state index contributed by atoms with van der Waals surface area (Å²) < 4.78 is 5.79. The van der Waals surface area contributed by atoms with Gasteiger partial charge in [0.25, 0.3) is 5.91 Å². The number of ether oxygens (including phenoxy) is 1. The van der Waals surface area contributed by atoms with Crippen molar-refractivity contribution >= 4 is 5.91 Å². The molecular formula is C15H16N2O2.